The minimum atomic E-state index is -0.338. The molecule has 0 spiro atoms. The molecule has 1 heterocycles. The van der Waals surface area contributed by atoms with E-state index in [1.807, 2.05) is 31.3 Å². The van der Waals surface area contributed by atoms with E-state index in [0.717, 1.165) is 16.6 Å². The van der Waals surface area contributed by atoms with Crippen LogP contribution < -0.4 is 5.73 Å². The van der Waals surface area contributed by atoms with Crippen LogP contribution in [-0.4, -0.2) is 9.78 Å². The van der Waals surface area contributed by atoms with Crippen LogP contribution in [0.4, 0.5) is 4.39 Å². The Bertz CT molecular complexity index is 797. The summed E-state index contributed by atoms with van der Waals surface area (Å²) in [7, 11) is 1.88. The van der Waals surface area contributed by atoms with Crippen molar-refractivity contribution in [3.8, 4) is 0 Å². The largest absolute Gasteiger partial charge is 0.322 e. The first-order chi connectivity index (χ1) is 10.1. The first kappa shape index (κ1) is 14.0. The maximum atomic E-state index is 13.3. The van der Waals surface area contributed by atoms with E-state index < -0.39 is 0 Å². The quantitative estimate of drug-likeness (QED) is 0.803. The van der Waals surface area contributed by atoms with Gasteiger partial charge >= 0.3 is 0 Å². The normalized spacial score (nSPS) is 12.8. The number of nitrogens with zero attached hydrogens (tertiary/aromatic N) is 2. The molecule has 0 aliphatic carbocycles. The minimum Gasteiger partial charge on any atom is -0.322 e. The lowest BCUT2D eigenvalue weighted by Crippen LogP contribution is -2.15. The molecular formula is C16H15ClFN3. The van der Waals surface area contributed by atoms with E-state index in [9.17, 15) is 4.39 Å². The summed E-state index contributed by atoms with van der Waals surface area (Å²) in [6.07, 6.45) is 0.442. The van der Waals surface area contributed by atoms with Crippen LogP contribution >= 0.6 is 11.6 Å². The molecule has 1 unspecified atom stereocenters. The molecule has 1 aromatic heterocycles. The van der Waals surface area contributed by atoms with Gasteiger partial charge in [0.2, 0.25) is 0 Å². The summed E-state index contributed by atoms with van der Waals surface area (Å²) >= 11 is 6.10. The fourth-order valence-electron chi connectivity index (χ4n) is 2.55. The highest BCUT2D eigenvalue weighted by molar-refractivity contribution is 6.31. The first-order valence-electron chi connectivity index (χ1n) is 6.67. The van der Waals surface area contributed by atoms with Gasteiger partial charge in [-0.3, -0.25) is 4.68 Å². The number of aromatic nitrogens is 2. The van der Waals surface area contributed by atoms with Crippen molar-refractivity contribution >= 4 is 22.5 Å². The Balaban J connectivity index is 1.97. The number of para-hydroxylation sites is 1. The van der Waals surface area contributed by atoms with Crippen molar-refractivity contribution in [2.45, 2.75) is 12.5 Å². The van der Waals surface area contributed by atoms with Crippen molar-refractivity contribution in [3.05, 3.63) is 64.6 Å². The number of hydrogen-bond donors (Lipinski definition) is 1. The number of rotatable bonds is 3. The number of benzene rings is 2. The second-order valence-electron chi connectivity index (χ2n) is 5.07. The van der Waals surface area contributed by atoms with E-state index in [4.69, 9.17) is 17.3 Å². The molecule has 3 rings (SSSR count). The van der Waals surface area contributed by atoms with Gasteiger partial charge < -0.3 is 5.73 Å². The lowest BCUT2D eigenvalue weighted by atomic mass is 10.0. The summed E-state index contributed by atoms with van der Waals surface area (Å²) in [5, 5.41) is 6.03. The van der Waals surface area contributed by atoms with Gasteiger partial charge in [0.15, 0.2) is 0 Å². The zero-order chi connectivity index (χ0) is 15.0. The first-order valence-corrected chi connectivity index (χ1v) is 7.05. The van der Waals surface area contributed by atoms with Crippen LogP contribution in [-0.2, 0) is 13.5 Å². The predicted molar refractivity (Wildman–Crippen MR) is 82.8 cm³/mol. The lowest BCUT2D eigenvalue weighted by Gasteiger charge is -2.11. The van der Waals surface area contributed by atoms with Gasteiger partial charge in [-0.15, -0.1) is 0 Å². The molecule has 0 amide bonds. The molecule has 2 N–H and O–H groups in total. The second-order valence-corrected chi connectivity index (χ2v) is 5.48. The van der Waals surface area contributed by atoms with Gasteiger partial charge in [-0.25, -0.2) is 4.39 Å². The van der Waals surface area contributed by atoms with Crippen LogP contribution in [0.1, 0.15) is 17.3 Å². The molecule has 0 aliphatic heterocycles. The highest BCUT2D eigenvalue weighted by Crippen LogP contribution is 2.27. The van der Waals surface area contributed by atoms with Gasteiger partial charge in [-0.05, 0) is 36.2 Å². The van der Waals surface area contributed by atoms with E-state index in [1.54, 1.807) is 10.7 Å². The van der Waals surface area contributed by atoms with E-state index in [0.29, 0.717) is 17.0 Å². The highest BCUT2D eigenvalue weighted by Gasteiger charge is 2.17. The van der Waals surface area contributed by atoms with E-state index in [1.165, 1.54) is 12.1 Å². The average Bonchev–Trinajstić information content (AvgIpc) is 2.81. The average molecular weight is 304 g/mol. The number of nitrogens with two attached hydrogens (primary N) is 1. The van der Waals surface area contributed by atoms with E-state index in [2.05, 4.69) is 5.10 Å². The number of hydrogen-bond acceptors (Lipinski definition) is 2. The highest BCUT2D eigenvalue weighted by atomic mass is 35.5. The monoisotopic (exact) mass is 303 g/mol. The van der Waals surface area contributed by atoms with E-state index in [-0.39, 0.29) is 11.9 Å². The molecule has 5 heteroatoms. The van der Waals surface area contributed by atoms with Gasteiger partial charge in [0.25, 0.3) is 0 Å². The van der Waals surface area contributed by atoms with Crippen molar-refractivity contribution in [1.29, 1.82) is 0 Å². The SMILES string of the molecule is Cn1nc(C(N)Cc2cc(F)ccc2Cl)c2ccccc21. The fraction of sp³-hybridized carbons (Fsp3) is 0.188. The third-order valence-electron chi connectivity index (χ3n) is 3.59. The third kappa shape index (κ3) is 2.64. The number of halogens is 2. The topological polar surface area (TPSA) is 43.8 Å². The van der Waals surface area contributed by atoms with Crippen LogP contribution in [0.2, 0.25) is 5.02 Å². The van der Waals surface area contributed by atoms with Crippen molar-refractivity contribution in [2.75, 3.05) is 0 Å². The van der Waals surface area contributed by atoms with Gasteiger partial charge in [-0.2, -0.15) is 5.10 Å². The summed E-state index contributed by atoms with van der Waals surface area (Å²) in [5.74, 6) is -0.313. The molecule has 0 saturated heterocycles. The Morgan fingerprint density at radius 2 is 2.05 bits per heavy atom. The van der Waals surface area contributed by atoms with Crippen LogP contribution in [0.25, 0.3) is 10.9 Å². The van der Waals surface area contributed by atoms with Crippen molar-refractivity contribution in [1.82, 2.24) is 9.78 Å². The fourth-order valence-corrected chi connectivity index (χ4v) is 2.74. The lowest BCUT2D eigenvalue weighted by molar-refractivity contribution is 0.619. The number of aryl methyl sites for hydroxylation is 1. The maximum Gasteiger partial charge on any atom is 0.123 e. The summed E-state index contributed by atoms with van der Waals surface area (Å²) in [6.45, 7) is 0. The zero-order valence-electron chi connectivity index (χ0n) is 11.6. The summed E-state index contributed by atoms with van der Waals surface area (Å²) in [4.78, 5) is 0. The van der Waals surface area contributed by atoms with Crippen LogP contribution in [0.3, 0.4) is 0 Å². The summed E-state index contributed by atoms with van der Waals surface area (Å²) < 4.78 is 15.1. The van der Waals surface area contributed by atoms with Crippen molar-refractivity contribution in [3.63, 3.8) is 0 Å². The molecule has 0 bridgehead atoms. The maximum absolute atomic E-state index is 13.3. The summed E-state index contributed by atoms with van der Waals surface area (Å²) in [5.41, 5.74) is 8.78. The Morgan fingerprint density at radius 1 is 1.29 bits per heavy atom. The van der Waals surface area contributed by atoms with E-state index >= 15 is 0 Å². The van der Waals surface area contributed by atoms with Gasteiger partial charge in [-0.1, -0.05) is 29.8 Å². The molecule has 108 valence electrons. The Hall–Kier alpha value is -1.91. The Labute approximate surface area is 127 Å². The standard InChI is InChI=1S/C16H15ClFN3/c1-21-15-5-3-2-4-12(15)16(20-21)14(19)9-10-8-11(18)6-7-13(10)17/h2-8,14H,9,19H2,1H3. The molecule has 3 nitrogen and oxygen atoms in total. The predicted octanol–water partition coefficient (Wildman–Crippen LogP) is 3.61. The van der Waals surface area contributed by atoms with Gasteiger partial charge in [0.05, 0.1) is 17.3 Å². The molecule has 2 aromatic carbocycles. The third-order valence-corrected chi connectivity index (χ3v) is 3.95. The van der Waals surface area contributed by atoms with Crippen LogP contribution in [0, 0.1) is 5.82 Å². The van der Waals surface area contributed by atoms with Crippen LogP contribution in [0.5, 0.6) is 0 Å². The molecular weight excluding hydrogens is 289 g/mol. The molecule has 0 fully saturated rings. The second kappa shape index (κ2) is 5.47. The van der Waals surface area contributed by atoms with Gasteiger partial charge in [0.1, 0.15) is 5.82 Å². The van der Waals surface area contributed by atoms with Gasteiger partial charge in [0, 0.05) is 17.5 Å². The molecule has 0 saturated carbocycles. The van der Waals surface area contributed by atoms with Crippen LogP contribution in [0.15, 0.2) is 42.5 Å². The molecule has 0 aliphatic rings. The molecule has 0 radical (unpaired) electrons. The molecule has 3 aromatic rings. The minimum absolute atomic E-state index is 0.313. The Morgan fingerprint density at radius 3 is 2.86 bits per heavy atom. The molecule has 21 heavy (non-hydrogen) atoms. The smallest absolute Gasteiger partial charge is 0.123 e. The van der Waals surface area contributed by atoms with Crippen molar-refractivity contribution < 1.29 is 4.39 Å². The zero-order valence-corrected chi connectivity index (χ0v) is 12.3. The van der Waals surface area contributed by atoms with Crippen molar-refractivity contribution in [2.24, 2.45) is 12.8 Å². The Kier molecular flexibility index (Phi) is 3.66. The molecule has 1 atom stereocenters. The summed E-state index contributed by atoms with van der Waals surface area (Å²) in [6, 6.07) is 11.9. The number of fused-ring (bicyclic) bond motifs is 1.